The number of carbonyl (C=O) groups excluding carboxylic acids is 1. The third-order valence-corrected chi connectivity index (χ3v) is 2.92. The normalized spacial score (nSPS) is 22.5. The van der Waals surface area contributed by atoms with Gasteiger partial charge < -0.3 is 15.4 Å². The second-order valence-corrected chi connectivity index (χ2v) is 4.80. The van der Waals surface area contributed by atoms with Gasteiger partial charge in [0, 0.05) is 19.6 Å². The summed E-state index contributed by atoms with van der Waals surface area (Å²) in [5.41, 5.74) is 0.164. The van der Waals surface area contributed by atoms with Crippen LogP contribution in [0.2, 0.25) is 0 Å². The van der Waals surface area contributed by atoms with Gasteiger partial charge in [-0.2, -0.15) is 0 Å². The Hall–Kier alpha value is -0.610. The molecule has 1 atom stereocenters. The van der Waals surface area contributed by atoms with E-state index in [0.29, 0.717) is 19.7 Å². The fourth-order valence-electron chi connectivity index (χ4n) is 1.30. The molecule has 1 saturated heterocycles. The van der Waals surface area contributed by atoms with Gasteiger partial charge in [-0.25, -0.2) is 0 Å². The van der Waals surface area contributed by atoms with E-state index in [1.807, 2.05) is 0 Å². The Labute approximate surface area is 91.8 Å². The zero-order chi connectivity index (χ0) is 11.3. The zero-order valence-corrected chi connectivity index (χ0v) is 9.93. The maximum absolute atomic E-state index is 11.7. The highest BCUT2D eigenvalue weighted by atomic mass is 16.5. The van der Waals surface area contributed by atoms with Crippen LogP contribution in [0.3, 0.4) is 0 Å². The Morgan fingerprint density at radius 1 is 1.60 bits per heavy atom. The van der Waals surface area contributed by atoms with Crippen LogP contribution in [0.5, 0.6) is 0 Å². The average Bonchev–Trinajstić information content (AvgIpc) is 2.27. The fraction of sp³-hybridized carbons (Fsp3) is 0.909. The summed E-state index contributed by atoms with van der Waals surface area (Å²) in [5.74, 6) is 0.00345. The van der Waals surface area contributed by atoms with Crippen LogP contribution in [0.4, 0.5) is 0 Å². The highest BCUT2D eigenvalue weighted by Gasteiger charge is 2.23. The zero-order valence-electron chi connectivity index (χ0n) is 9.93. The molecular formula is C11H22N2O2. The molecule has 0 spiro atoms. The molecule has 0 aliphatic carbocycles. The van der Waals surface area contributed by atoms with Crippen LogP contribution >= 0.6 is 0 Å². The largest absolute Gasteiger partial charge is 0.366 e. The number of hydrogen-bond donors (Lipinski definition) is 2. The van der Waals surface area contributed by atoms with Crippen molar-refractivity contribution in [3.63, 3.8) is 0 Å². The molecule has 1 heterocycles. The van der Waals surface area contributed by atoms with E-state index in [1.54, 1.807) is 0 Å². The third kappa shape index (κ3) is 4.18. The van der Waals surface area contributed by atoms with Crippen molar-refractivity contribution < 1.29 is 9.53 Å². The summed E-state index contributed by atoms with van der Waals surface area (Å²) in [6.07, 6.45) is 0.739. The van der Waals surface area contributed by atoms with Gasteiger partial charge in [0.15, 0.2) is 0 Å². The lowest BCUT2D eigenvalue weighted by Crippen LogP contribution is -2.49. The summed E-state index contributed by atoms with van der Waals surface area (Å²) >= 11 is 0. The highest BCUT2D eigenvalue weighted by molar-refractivity contribution is 5.81. The van der Waals surface area contributed by atoms with Crippen molar-refractivity contribution in [2.75, 3.05) is 26.2 Å². The predicted octanol–water partition coefficient (Wildman–Crippen LogP) is 0.527. The number of nitrogens with one attached hydrogen (secondary N) is 2. The molecule has 2 N–H and O–H groups in total. The lowest BCUT2D eigenvalue weighted by molar-refractivity contribution is -0.134. The Morgan fingerprint density at radius 2 is 2.33 bits per heavy atom. The Balaban J connectivity index is 2.28. The van der Waals surface area contributed by atoms with Crippen molar-refractivity contribution in [3.8, 4) is 0 Å². The minimum Gasteiger partial charge on any atom is -0.366 e. The van der Waals surface area contributed by atoms with E-state index >= 15 is 0 Å². The first-order valence-electron chi connectivity index (χ1n) is 5.65. The molecule has 1 amide bonds. The van der Waals surface area contributed by atoms with E-state index < -0.39 is 0 Å². The number of amides is 1. The summed E-state index contributed by atoms with van der Waals surface area (Å²) in [6, 6.07) is 0. The van der Waals surface area contributed by atoms with Crippen molar-refractivity contribution in [1.29, 1.82) is 0 Å². The quantitative estimate of drug-likeness (QED) is 0.717. The van der Waals surface area contributed by atoms with Crippen LogP contribution in [0.15, 0.2) is 0 Å². The van der Waals surface area contributed by atoms with Crippen molar-refractivity contribution in [1.82, 2.24) is 10.6 Å². The first-order valence-corrected chi connectivity index (χ1v) is 5.65. The monoisotopic (exact) mass is 214 g/mol. The number of ether oxygens (including phenoxy) is 1. The minimum absolute atomic E-state index is 0.00345. The van der Waals surface area contributed by atoms with E-state index in [4.69, 9.17) is 4.74 Å². The molecule has 88 valence electrons. The van der Waals surface area contributed by atoms with Gasteiger partial charge in [0.2, 0.25) is 5.91 Å². The van der Waals surface area contributed by atoms with E-state index in [9.17, 15) is 4.79 Å². The highest BCUT2D eigenvalue weighted by Crippen LogP contribution is 2.17. The standard InChI is InChI=1S/C11H22N2O2/c1-4-11(2,3)8-13-10(14)9-7-12-5-6-15-9/h9,12H,4-8H2,1-3H3,(H,13,14). The molecule has 0 radical (unpaired) electrons. The first kappa shape index (κ1) is 12.5. The summed E-state index contributed by atoms with van der Waals surface area (Å²) in [4.78, 5) is 11.7. The van der Waals surface area contributed by atoms with Crippen LogP contribution in [-0.4, -0.2) is 38.3 Å². The number of hydrogen-bond acceptors (Lipinski definition) is 3. The molecule has 1 aliphatic heterocycles. The molecule has 0 aromatic heterocycles. The molecule has 4 nitrogen and oxygen atoms in total. The van der Waals surface area contributed by atoms with Crippen molar-refractivity contribution in [2.45, 2.75) is 33.3 Å². The van der Waals surface area contributed by atoms with E-state index in [1.165, 1.54) is 0 Å². The van der Waals surface area contributed by atoms with Crippen molar-refractivity contribution in [2.24, 2.45) is 5.41 Å². The van der Waals surface area contributed by atoms with Crippen LogP contribution in [-0.2, 0) is 9.53 Å². The Morgan fingerprint density at radius 3 is 2.87 bits per heavy atom. The maximum Gasteiger partial charge on any atom is 0.250 e. The first-order chi connectivity index (χ1) is 7.05. The van der Waals surface area contributed by atoms with Gasteiger partial charge in [-0.1, -0.05) is 20.8 Å². The van der Waals surface area contributed by atoms with Crippen LogP contribution in [0, 0.1) is 5.41 Å². The summed E-state index contributed by atoms with van der Waals surface area (Å²) in [6.45, 7) is 9.21. The van der Waals surface area contributed by atoms with Gasteiger partial charge in [0.05, 0.1) is 6.61 Å². The van der Waals surface area contributed by atoms with Crippen LogP contribution in [0.25, 0.3) is 0 Å². The van der Waals surface area contributed by atoms with Gasteiger partial charge in [-0.3, -0.25) is 4.79 Å². The molecule has 1 aliphatic rings. The van der Waals surface area contributed by atoms with E-state index in [2.05, 4.69) is 31.4 Å². The second-order valence-electron chi connectivity index (χ2n) is 4.80. The SMILES string of the molecule is CCC(C)(C)CNC(=O)C1CNCCO1. The molecule has 4 heteroatoms. The molecule has 0 aromatic rings. The van der Waals surface area contributed by atoms with Crippen molar-refractivity contribution >= 4 is 5.91 Å². The fourth-order valence-corrected chi connectivity index (χ4v) is 1.30. The van der Waals surface area contributed by atoms with Crippen LogP contribution in [0.1, 0.15) is 27.2 Å². The number of carbonyl (C=O) groups is 1. The minimum atomic E-state index is -0.314. The molecule has 1 unspecified atom stereocenters. The molecule has 1 fully saturated rings. The molecule has 0 saturated carbocycles. The van der Waals surface area contributed by atoms with Crippen molar-refractivity contribution in [3.05, 3.63) is 0 Å². The predicted molar refractivity (Wildman–Crippen MR) is 59.7 cm³/mol. The van der Waals surface area contributed by atoms with Crippen LogP contribution < -0.4 is 10.6 Å². The smallest absolute Gasteiger partial charge is 0.250 e. The summed E-state index contributed by atoms with van der Waals surface area (Å²) in [7, 11) is 0. The number of rotatable bonds is 4. The Kier molecular flexibility index (Phi) is 4.54. The van der Waals surface area contributed by atoms with Gasteiger partial charge in [-0.15, -0.1) is 0 Å². The second kappa shape index (κ2) is 5.47. The van der Waals surface area contributed by atoms with Gasteiger partial charge in [0.25, 0.3) is 0 Å². The lowest BCUT2D eigenvalue weighted by Gasteiger charge is -2.26. The van der Waals surface area contributed by atoms with Gasteiger partial charge in [0.1, 0.15) is 6.10 Å². The topological polar surface area (TPSA) is 50.4 Å². The molecule has 0 aromatic carbocycles. The van der Waals surface area contributed by atoms with Gasteiger partial charge in [-0.05, 0) is 11.8 Å². The van der Waals surface area contributed by atoms with E-state index in [0.717, 1.165) is 13.0 Å². The molecular weight excluding hydrogens is 192 g/mol. The van der Waals surface area contributed by atoms with E-state index in [-0.39, 0.29) is 17.4 Å². The summed E-state index contributed by atoms with van der Waals surface area (Å²) in [5, 5.41) is 6.08. The maximum atomic E-state index is 11.7. The lowest BCUT2D eigenvalue weighted by atomic mass is 9.90. The average molecular weight is 214 g/mol. The Bertz CT molecular complexity index is 211. The third-order valence-electron chi connectivity index (χ3n) is 2.92. The summed E-state index contributed by atoms with van der Waals surface area (Å²) < 4.78 is 5.36. The molecule has 0 bridgehead atoms. The van der Waals surface area contributed by atoms with Gasteiger partial charge >= 0.3 is 0 Å². The number of morpholine rings is 1. The molecule has 15 heavy (non-hydrogen) atoms. The molecule has 1 rings (SSSR count).